The number of aliphatic hydroxyl groups is 2. The third-order valence-electron chi connectivity index (χ3n) is 1.64. The lowest BCUT2D eigenvalue weighted by molar-refractivity contribution is -0.136. The Morgan fingerprint density at radius 1 is 1.64 bits per heavy atom. The van der Waals surface area contributed by atoms with Gasteiger partial charge in [-0.15, -0.1) is 0 Å². The van der Waals surface area contributed by atoms with E-state index in [1.807, 2.05) is 0 Å². The first-order chi connectivity index (χ1) is 4.95. The molecule has 0 saturated carbocycles. The van der Waals surface area contributed by atoms with Crippen LogP contribution in [0.15, 0.2) is 0 Å². The topological polar surface area (TPSA) is 69.6 Å². The van der Waals surface area contributed by atoms with Gasteiger partial charge in [0.1, 0.15) is 6.10 Å². The molecule has 1 unspecified atom stereocenters. The number of aliphatic hydroxyl groups excluding tert-OH is 2. The molecule has 0 aliphatic carbocycles. The number of carbonyl (C=O) groups is 1. The highest BCUT2D eigenvalue weighted by atomic mass is 16.3. The molecule has 3 N–H and O–H groups in total. The maximum atomic E-state index is 10.8. The van der Waals surface area contributed by atoms with Crippen molar-refractivity contribution in [2.75, 3.05) is 13.7 Å². The number of hydrogen-bond donors (Lipinski definition) is 3. The van der Waals surface area contributed by atoms with Crippen LogP contribution < -0.4 is 5.32 Å². The van der Waals surface area contributed by atoms with E-state index in [0.717, 1.165) is 0 Å². The summed E-state index contributed by atoms with van der Waals surface area (Å²) in [7, 11) is 1.44. The molecule has 0 aromatic heterocycles. The molecular weight excluding hydrogens is 146 g/mol. The monoisotopic (exact) mass is 161 g/mol. The van der Waals surface area contributed by atoms with Crippen molar-refractivity contribution in [1.29, 1.82) is 0 Å². The van der Waals surface area contributed by atoms with Gasteiger partial charge in [0.2, 0.25) is 5.91 Å². The molecule has 4 heteroatoms. The molecule has 0 radical (unpaired) electrons. The maximum Gasteiger partial charge on any atom is 0.249 e. The van der Waals surface area contributed by atoms with Crippen LogP contribution >= 0.6 is 0 Å². The molecule has 0 aliphatic rings. The lowest BCUT2D eigenvalue weighted by atomic mass is 9.87. The van der Waals surface area contributed by atoms with E-state index in [9.17, 15) is 9.90 Å². The zero-order valence-electron chi connectivity index (χ0n) is 7.09. The number of carbonyl (C=O) groups excluding carboxylic acids is 1. The van der Waals surface area contributed by atoms with Gasteiger partial charge in [0, 0.05) is 12.5 Å². The van der Waals surface area contributed by atoms with E-state index < -0.39 is 17.4 Å². The summed E-state index contributed by atoms with van der Waals surface area (Å²) in [5.41, 5.74) is -0.778. The maximum absolute atomic E-state index is 10.8. The van der Waals surface area contributed by atoms with Gasteiger partial charge in [-0.3, -0.25) is 4.79 Å². The zero-order chi connectivity index (χ0) is 9.07. The summed E-state index contributed by atoms with van der Waals surface area (Å²) < 4.78 is 0. The fourth-order valence-electron chi connectivity index (χ4n) is 0.578. The van der Waals surface area contributed by atoms with Gasteiger partial charge in [0.05, 0.1) is 6.61 Å². The Labute approximate surface area is 66.2 Å². The van der Waals surface area contributed by atoms with Crippen LogP contribution in [0, 0.1) is 5.41 Å². The van der Waals surface area contributed by atoms with Crippen LogP contribution in [-0.2, 0) is 4.79 Å². The molecular formula is C7H15NO3. The second kappa shape index (κ2) is 3.69. The molecule has 0 aromatic carbocycles. The van der Waals surface area contributed by atoms with Crippen LogP contribution in [0.3, 0.4) is 0 Å². The molecule has 0 heterocycles. The first kappa shape index (κ1) is 10.4. The summed E-state index contributed by atoms with van der Waals surface area (Å²) >= 11 is 0. The minimum atomic E-state index is -1.16. The molecule has 1 atom stereocenters. The van der Waals surface area contributed by atoms with Crippen molar-refractivity contribution in [2.45, 2.75) is 20.0 Å². The van der Waals surface area contributed by atoms with Crippen LogP contribution in [0.4, 0.5) is 0 Å². The SMILES string of the molecule is CNC(=O)C(O)C(C)(C)CO. The zero-order valence-corrected chi connectivity index (χ0v) is 7.09. The summed E-state index contributed by atoms with van der Waals surface area (Å²) in [6, 6.07) is 0. The second-order valence-corrected chi connectivity index (χ2v) is 3.16. The average Bonchev–Trinajstić information content (AvgIpc) is 2.01. The summed E-state index contributed by atoms with van der Waals surface area (Å²) in [5, 5.41) is 20.3. The number of rotatable bonds is 3. The summed E-state index contributed by atoms with van der Waals surface area (Å²) in [6.07, 6.45) is -1.16. The summed E-state index contributed by atoms with van der Waals surface area (Å²) in [5.74, 6) is -0.468. The Hall–Kier alpha value is -0.610. The van der Waals surface area contributed by atoms with Crippen LogP contribution in [0.1, 0.15) is 13.8 Å². The standard InChI is InChI=1S/C7H15NO3/c1-7(2,4-9)5(10)6(11)8-3/h5,9-10H,4H2,1-3H3,(H,8,11). The Morgan fingerprint density at radius 2 is 2.09 bits per heavy atom. The molecule has 0 aliphatic heterocycles. The highest BCUT2D eigenvalue weighted by molar-refractivity contribution is 5.80. The van der Waals surface area contributed by atoms with Gasteiger partial charge < -0.3 is 15.5 Å². The lowest BCUT2D eigenvalue weighted by Crippen LogP contribution is -2.44. The highest BCUT2D eigenvalue weighted by Gasteiger charge is 2.32. The highest BCUT2D eigenvalue weighted by Crippen LogP contribution is 2.19. The van der Waals surface area contributed by atoms with Crippen LogP contribution in [0.2, 0.25) is 0 Å². The third kappa shape index (κ3) is 2.48. The van der Waals surface area contributed by atoms with Crippen LogP contribution in [0.25, 0.3) is 0 Å². The fraction of sp³-hybridized carbons (Fsp3) is 0.857. The summed E-state index contributed by atoms with van der Waals surface area (Å²) in [6.45, 7) is 3.02. The van der Waals surface area contributed by atoms with Crippen LogP contribution in [-0.4, -0.2) is 35.9 Å². The van der Waals surface area contributed by atoms with Crippen molar-refractivity contribution in [3.8, 4) is 0 Å². The fourth-order valence-corrected chi connectivity index (χ4v) is 0.578. The first-order valence-corrected chi connectivity index (χ1v) is 3.46. The number of likely N-dealkylation sites (N-methyl/N-ethyl adjacent to an activating group) is 1. The van der Waals surface area contributed by atoms with Crippen LogP contribution in [0.5, 0.6) is 0 Å². The van der Waals surface area contributed by atoms with Crippen molar-refractivity contribution < 1.29 is 15.0 Å². The van der Waals surface area contributed by atoms with E-state index in [0.29, 0.717) is 0 Å². The lowest BCUT2D eigenvalue weighted by Gasteiger charge is -2.26. The molecule has 1 amide bonds. The van der Waals surface area contributed by atoms with Crippen molar-refractivity contribution in [1.82, 2.24) is 5.32 Å². The molecule has 0 spiro atoms. The Bertz CT molecular complexity index is 145. The Morgan fingerprint density at radius 3 is 2.36 bits per heavy atom. The minimum Gasteiger partial charge on any atom is -0.396 e. The first-order valence-electron chi connectivity index (χ1n) is 3.46. The Kier molecular flexibility index (Phi) is 3.48. The van der Waals surface area contributed by atoms with Gasteiger partial charge in [-0.05, 0) is 0 Å². The van der Waals surface area contributed by atoms with E-state index in [1.54, 1.807) is 13.8 Å². The van der Waals surface area contributed by atoms with E-state index in [1.165, 1.54) is 7.05 Å². The molecule has 0 saturated heterocycles. The van der Waals surface area contributed by atoms with E-state index in [2.05, 4.69) is 5.32 Å². The Balaban J connectivity index is 4.22. The van der Waals surface area contributed by atoms with Crippen molar-refractivity contribution in [3.05, 3.63) is 0 Å². The van der Waals surface area contributed by atoms with E-state index in [-0.39, 0.29) is 6.61 Å². The van der Waals surface area contributed by atoms with Crippen molar-refractivity contribution in [2.24, 2.45) is 5.41 Å². The predicted molar refractivity (Wildman–Crippen MR) is 40.9 cm³/mol. The normalized spacial score (nSPS) is 14.3. The second-order valence-electron chi connectivity index (χ2n) is 3.16. The van der Waals surface area contributed by atoms with Gasteiger partial charge in [-0.1, -0.05) is 13.8 Å². The van der Waals surface area contributed by atoms with Gasteiger partial charge in [0.25, 0.3) is 0 Å². The molecule has 0 rings (SSSR count). The van der Waals surface area contributed by atoms with Crippen molar-refractivity contribution >= 4 is 5.91 Å². The molecule has 4 nitrogen and oxygen atoms in total. The molecule has 11 heavy (non-hydrogen) atoms. The molecule has 0 bridgehead atoms. The molecule has 66 valence electrons. The largest absolute Gasteiger partial charge is 0.396 e. The van der Waals surface area contributed by atoms with E-state index >= 15 is 0 Å². The molecule has 0 aromatic rings. The average molecular weight is 161 g/mol. The quantitative estimate of drug-likeness (QED) is 0.503. The predicted octanol–water partition coefficient (Wildman–Crippen LogP) is -0.888. The molecule has 0 fully saturated rings. The smallest absolute Gasteiger partial charge is 0.249 e. The van der Waals surface area contributed by atoms with Gasteiger partial charge in [0.15, 0.2) is 0 Å². The summed E-state index contributed by atoms with van der Waals surface area (Å²) in [4.78, 5) is 10.8. The van der Waals surface area contributed by atoms with Gasteiger partial charge >= 0.3 is 0 Å². The van der Waals surface area contributed by atoms with Gasteiger partial charge in [-0.2, -0.15) is 0 Å². The third-order valence-corrected chi connectivity index (χ3v) is 1.64. The number of amides is 1. The minimum absolute atomic E-state index is 0.221. The number of hydrogen-bond acceptors (Lipinski definition) is 3. The number of nitrogens with one attached hydrogen (secondary N) is 1. The van der Waals surface area contributed by atoms with Gasteiger partial charge in [-0.25, -0.2) is 0 Å². The van der Waals surface area contributed by atoms with E-state index in [4.69, 9.17) is 5.11 Å². The van der Waals surface area contributed by atoms with Crippen molar-refractivity contribution in [3.63, 3.8) is 0 Å².